The van der Waals surface area contributed by atoms with Gasteiger partial charge in [0, 0.05) is 21.2 Å². The Kier molecular flexibility index (Phi) is 4.52. The molecule has 0 bridgehead atoms. The predicted molar refractivity (Wildman–Crippen MR) is 83.8 cm³/mol. The second kappa shape index (κ2) is 5.88. The van der Waals surface area contributed by atoms with Crippen molar-refractivity contribution in [3.63, 3.8) is 0 Å². The lowest BCUT2D eigenvalue weighted by atomic mass is 10.3. The van der Waals surface area contributed by atoms with Crippen LogP contribution in [0.5, 0.6) is 0 Å². The van der Waals surface area contributed by atoms with Gasteiger partial charge in [0.1, 0.15) is 4.88 Å². The van der Waals surface area contributed by atoms with E-state index in [4.69, 9.17) is 5.11 Å². The van der Waals surface area contributed by atoms with E-state index in [1.165, 1.54) is 6.07 Å². The fourth-order valence-corrected chi connectivity index (χ4v) is 5.34. The average Bonchev–Trinajstić information content (AvgIpc) is 2.92. The SMILES string of the molecule is Cc1cc(CNS(=O)(=O)c2cc(C(=O)O)sc2C)sc1C. The lowest BCUT2D eigenvalue weighted by Gasteiger charge is -2.04. The van der Waals surface area contributed by atoms with E-state index in [-0.39, 0.29) is 16.3 Å². The zero-order valence-electron chi connectivity index (χ0n) is 11.8. The van der Waals surface area contributed by atoms with E-state index in [1.54, 1.807) is 18.3 Å². The van der Waals surface area contributed by atoms with Gasteiger partial charge in [-0.2, -0.15) is 0 Å². The summed E-state index contributed by atoms with van der Waals surface area (Å²) < 4.78 is 27.0. The first-order valence-electron chi connectivity index (χ1n) is 6.10. The van der Waals surface area contributed by atoms with E-state index < -0.39 is 16.0 Å². The molecule has 0 saturated heterocycles. The van der Waals surface area contributed by atoms with Gasteiger partial charge in [-0.3, -0.25) is 0 Å². The first-order valence-corrected chi connectivity index (χ1v) is 9.21. The van der Waals surface area contributed by atoms with Crippen LogP contribution in [0.3, 0.4) is 0 Å². The third-order valence-corrected chi connectivity index (χ3v) is 6.87. The summed E-state index contributed by atoms with van der Waals surface area (Å²) in [4.78, 5) is 13.5. The lowest BCUT2D eigenvalue weighted by molar-refractivity contribution is 0.0702. The van der Waals surface area contributed by atoms with Crippen LogP contribution < -0.4 is 4.72 Å². The molecule has 0 spiro atoms. The molecular formula is C13H15NO4S3. The Balaban J connectivity index is 2.20. The van der Waals surface area contributed by atoms with Crippen LogP contribution in [0.25, 0.3) is 0 Å². The molecule has 0 amide bonds. The van der Waals surface area contributed by atoms with Gasteiger partial charge in [-0.1, -0.05) is 0 Å². The molecule has 2 aromatic rings. The number of nitrogens with one attached hydrogen (secondary N) is 1. The van der Waals surface area contributed by atoms with Crippen LogP contribution >= 0.6 is 22.7 Å². The van der Waals surface area contributed by atoms with E-state index in [0.29, 0.717) is 4.88 Å². The van der Waals surface area contributed by atoms with E-state index >= 15 is 0 Å². The van der Waals surface area contributed by atoms with Gasteiger partial charge in [-0.15, -0.1) is 22.7 Å². The van der Waals surface area contributed by atoms with Gasteiger partial charge in [0.25, 0.3) is 0 Å². The largest absolute Gasteiger partial charge is 0.477 e. The number of carboxylic acid groups (broad SMARTS) is 1. The fourth-order valence-electron chi connectivity index (χ4n) is 1.82. The third kappa shape index (κ3) is 3.52. The second-order valence-electron chi connectivity index (χ2n) is 4.61. The van der Waals surface area contributed by atoms with Crippen molar-refractivity contribution in [1.29, 1.82) is 0 Å². The molecule has 21 heavy (non-hydrogen) atoms. The number of hydrogen-bond donors (Lipinski definition) is 2. The zero-order valence-corrected chi connectivity index (χ0v) is 14.2. The summed E-state index contributed by atoms with van der Waals surface area (Å²) in [6.45, 7) is 5.77. The number of hydrogen-bond acceptors (Lipinski definition) is 5. The molecule has 0 aromatic carbocycles. The summed E-state index contributed by atoms with van der Waals surface area (Å²) in [6, 6.07) is 3.15. The Hall–Kier alpha value is -1.22. The summed E-state index contributed by atoms with van der Waals surface area (Å²) in [7, 11) is -3.70. The maximum atomic E-state index is 12.3. The van der Waals surface area contributed by atoms with Crippen molar-refractivity contribution in [2.45, 2.75) is 32.2 Å². The standard InChI is InChI=1S/C13H15NO4S3/c1-7-4-10(19-8(7)2)6-14-21(17,18)12-5-11(13(15)16)20-9(12)3/h4-5,14H,6H2,1-3H3,(H,15,16). The molecule has 2 heterocycles. The molecule has 0 aliphatic heterocycles. The molecule has 0 atom stereocenters. The highest BCUT2D eigenvalue weighted by Crippen LogP contribution is 2.26. The average molecular weight is 345 g/mol. The molecule has 0 fully saturated rings. The van der Waals surface area contributed by atoms with E-state index in [2.05, 4.69) is 4.72 Å². The molecule has 2 N–H and O–H groups in total. The van der Waals surface area contributed by atoms with Crippen LogP contribution in [0.15, 0.2) is 17.0 Å². The van der Waals surface area contributed by atoms with Crippen molar-refractivity contribution >= 4 is 38.7 Å². The van der Waals surface area contributed by atoms with Crippen molar-refractivity contribution < 1.29 is 18.3 Å². The molecule has 5 nitrogen and oxygen atoms in total. The Bertz CT molecular complexity index is 767. The summed E-state index contributed by atoms with van der Waals surface area (Å²) in [6.07, 6.45) is 0. The minimum atomic E-state index is -3.70. The molecule has 2 aromatic heterocycles. The Morgan fingerprint density at radius 1 is 1.19 bits per heavy atom. The maximum absolute atomic E-state index is 12.3. The van der Waals surface area contributed by atoms with Crippen molar-refractivity contribution in [1.82, 2.24) is 4.72 Å². The van der Waals surface area contributed by atoms with E-state index in [9.17, 15) is 13.2 Å². The number of aryl methyl sites for hydroxylation is 3. The van der Waals surface area contributed by atoms with Crippen molar-refractivity contribution in [2.75, 3.05) is 0 Å². The van der Waals surface area contributed by atoms with Gasteiger partial charge in [0.05, 0.1) is 4.90 Å². The van der Waals surface area contributed by atoms with Crippen LogP contribution in [0.2, 0.25) is 0 Å². The van der Waals surface area contributed by atoms with Crippen LogP contribution in [0.1, 0.15) is 29.9 Å². The maximum Gasteiger partial charge on any atom is 0.345 e. The number of carbonyl (C=O) groups is 1. The fraction of sp³-hybridized carbons (Fsp3) is 0.308. The van der Waals surface area contributed by atoms with Gasteiger partial charge in [0.15, 0.2) is 0 Å². The lowest BCUT2D eigenvalue weighted by Crippen LogP contribution is -2.23. The van der Waals surface area contributed by atoms with Crippen molar-refractivity contribution in [3.05, 3.63) is 37.2 Å². The monoisotopic (exact) mass is 345 g/mol. The number of rotatable bonds is 5. The van der Waals surface area contributed by atoms with E-state index in [1.807, 2.05) is 19.9 Å². The van der Waals surface area contributed by atoms with Gasteiger partial charge in [-0.25, -0.2) is 17.9 Å². The Labute approximate surface area is 131 Å². The van der Waals surface area contributed by atoms with E-state index in [0.717, 1.165) is 26.7 Å². The quantitative estimate of drug-likeness (QED) is 0.873. The first-order chi connectivity index (χ1) is 9.70. The summed E-state index contributed by atoms with van der Waals surface area (Å²) in [5, 5.41) is 8.93. The minimum Gasteiger partial charge on any atom is -0.477 e. The van der Waals surface area contributed by atoms with Gasteiger partial charge in [0.2, 0.25) is 10.0 Å². The first kappa shape index (κ1) is 16.2. The predicted octanol–water partition coefficient (Wildman–Crippen LogP) is 2.91. The smallest absolute Gasteiger partial charge is 0.345 e. The highest BCUT2D eigenvalue weighted by Gasteiger charge is 2.22. The number of sulfonamides is 1. The Morgan fingerprint density at radius 2 is 1.86 bits per heavy atom. The number of carboxylic acids is 1. The summed E-state index contributed by atoms with van der Waals surface area (Å²) >= 11 is 2.51. The summed E-state index contributed by atoms with van der Waals surface area (Å²) in [5.74, 6) is -1.12. The molecule has 0 aliphatic carbocycles. The molecule has 0 unspecified atom stereocenters. The van der Waals surface area contributed by atoms with Crippen LogP contribution in [0.4, 0.5) is 0 Å². The van der Waals surface area contributed by atoms with Gasteiger partial charge >= 0.3 is 5.97 Å². The van der Waals surface area contributed by atoms with Crippen LogP contribution in [0, 0.1) is 20.8 Å². The second-order valence-corrected chi connectivity index (χ2v) is 8.95. The topological polar surface area (TPSA) is 83.5 Å². The number of thiophene rings is 2. The molecule has 0 saturated carbocycles. The number of aromatic carboxylic acids is 1. The molecular weight excluding hydrogens is 330 g/mol. The van der Waals surface area contributed by atoms with Crippen LogP contribution in [-0.2, 0) is 16.6 Å². The molecule has 0 aliphatic rings. The highest BCUT2D eigenvalue weighted by atomic mass is 32.2. The van der Waals surface area contributed by atoms with Crippen LogP contribution in [-0.4, -0.2) is 19.5 Å². The van der Waals surface area contributed by atoms with Gasteiger partial charge in [-0.05, 0) is 38.5 Å². The molecule has 8 heteroatoms. The Morgan fingerprint density at radius 3 is 2.33 bits per heavy atom. The van der Waals surface area contributed by atoms with Crippen molar-refractivity contribution in [3.8, 4) is 0 Å². The normalized spacial score (nSPS) is 11.8. The zero-order chi connectivity index (χ0) is 15.8. The molecule has 114 valence electrons. The highest BCUT2D eigenvalue weighted by molar-refractivity contribution is 7.89. The van der Waals surface area contributed by atoms with Gasteiger partial charge < -0.3 is 5.11 Å². The molecule has 0 radical (unpaired) electrons. The molecule has 2 rings (SSSR count). The summed E-state index contributed by atoms with van der Waals surface area (Å²) in [5.41, 5.74) is 1.13. The minimum absolute atomic E-state index is 0.0238. The third-order valence-electron chi connectivity index (χ3n) is 3.03. The van der Waals surface area contributed by atoms with Crippen molar-refractivity contribution in [2.24, 2.45) is 0 Å².